The van der Waals surface area contributed by atoms with Crippen LogP contribution in [0.1, 0.15) is 64.7 Å². The first kappa shape index (κ1) is 37.0. The number of hydrogen-bond donors (Lipinski definition) is 2. The molecule has 3 aromatic rings. The topological polar surface area (TPSA) is 173 Å². The summed E-state index contributed by atoms with van der Waals surface area (Å²) in [5.74, 6) is -4.90. The van der Waals surface area contributed by atoms with Gasteiger partial charge >= 0.3 is 25.6 Å². The molecule has 5 rings (SSSR count). The van der Waals surface area contributed by atoms with Gasteiger partial charge in [-0.25, -0.2) is 18.5 Å². The third kappa shape index (κ3) is 8.88. The van der Waals surface area contributed by atoms with Crippen LogP contribution in [0.25, 0.3) is 0 Å². The molecule has 50 heavy (non-hydrogen) atoms. The first-order valence-corrected chi connectivity index (χ1v) is 17.9. The number of H-pyrrole nitrogens is 1. The van der Waals surface area contributed by atoms with E-state index >= 15 is 4.39 Å². The number of hydrogen-bond acceptors (Lipinski definition) is 11. The van der Waals surface area contributed by atoms with Gasteiger partial charge in [-0.2, -0.15) is 5.09 Å². The molecule has 1 aliphatic heterocycles. The van der Waals surface area contributed by atoms with Gasteiger partial charge in [0.1, 0.15) is 31.1 Å². The number of carbonyl (C=O) groups excluding carboxylic acids is 2. The molecule has 16 heteroatoms. The summed E-state index contributed by atoms with van der Waals surface area (Å²) < 4.78 is 65.8. The maximum atomic E-state index is 17.1. The fourth-order valence-corrected chi connectivity index (χ4v) is 7.34. The van der Waals surface area contributed by atoms with Crippen molar-refractivity contribution in [1.82, 2.24) is 14.6 Å². The van der Waals surface area contributed by atoms with Crippen LogP contribution >= 0.6 is 7.75 Å². The molecular weight excluding hydrogens is 676 g/mol. The Hall–Kier alpha value is -4.30. The molecule has 0 amide bonds. The summed E-state index contributed by atoms with van der Waals surface area (Å²) in [4.78, 5) is 52.7. The van der Waals surface area contributed by atoms with Crippen LogP contribution in [-0.4, -0.2) is 51.9 Å². The monoisotopic (exact) mass is 717 g/mol. The Balaban J connectivity index is 1.38. The van der Waals surface area contributed by atoms with Crippen molar-refractivity contribution in [3.63, 3.8) is 0 Å². The molecule has 270 valence electrons. The van der Waals surface area contributed by atoms with Crippen molar-refractivity contribution >= 4 is 19.9 Å². The van der Waals surface area contributed by atoms with Gasteiger partial charge in [-0.3, -0.25) is 23.7 Å². The minimum Gasteiger partial charge on any atom is -0.461 e. The van der Waals surface area contributed by atoms with Crippen LogP contribution < -0.4 is 20.9 Å². The first-order valence-electron chi connectivity index (χ1n) is 16.4. The summed E-state index contributed by atoms with van der Waals surface area (Å²) in [6.07, 6.45) is 2.27. The average Bonchev–Trinajstić information content (AvgIpc) is 3.28. The molecule has 2 fully saturated rings. The zero-order valence-corrected chi connectivity index (χ0v) is 28.8. The zero-order valence-electron chi connectivity index (χ0n) is 28.0. The summed E-state index contributed by atoms with van der Waals surface area (Å²) in [7, 11) is -4.57. The van der Waals surface area contributed by atoms with E-state index in [4.69, 9.17) is 28.0 Å². The summed E-state index contributed by atoms with van der Waals surface area (Å²) >= 11 is 0. The third-order valence-corrected chi connectivity index (χ3v) is 10.5. The fourth-order valence-electron chi connectivity index (χ4n) is 5.84. The summed E-state index contributed by atoms with van der Waals surface area (Å²) in [5, 5.41) is 2.54. The maximum Gasteiger partial charge on any atom is 0.509 e. The fraction of sp³-hybridized carbons (Fsp3) is 0.471. The highest BCUT2D eigenvalue weighted by Gasteiger charge is 2.65. The van der Waals surface area contributed by atoms with Crippen molar-refractivity contribution in [2.75, 3.05) is 6.61 Å². The quantitative estimate of drug-likeness (QED) is 0.167. The summed E-state index contributed by atoms with van der Waals surface area (Å²) in [5.41, 5.74) is -3.00. The molecular formula is C34H41FN3O11P. The number of para-hydroxylation sites is 1. The molecule has 2 aliphatic rings. The highest BCUT2D eigenvalue weighted by molar-refractivity contribution is 7.52. The first-order chi connectivity index (χ1) is 23.8. The Morgan fingerprint density at radius 3 is 2.38 bits per heavy atom. The number of aromatic nitrogens is 2. The largest absolute Gasteiger partial charge is 0.509 e. The van der Waals surface area contributed by atoms with Crippen LogP contribution in [0.15, 0.2) is 82.5 Å². The summed E-state index contributed by atoms with van der Waals surface area (Å²) in [6, 6.07) is 16.5. The Morgan fingerprint density at radius 2 is 1.72 bits per heavy atom. The Kier molecular flexibility index (Phi) is 11.6. The zero-order chi connectivity index (χ0) is 35.9. The average molecular weight is 718 g/mol. The van der Waals surface area contributed by atoms with Gasteiger partial charge in [0.15, 0.2) is 11.8 Å². The van der Waals surface area contributed by atoms with E-state index in [9.17, 15) is 23.7 Å². The van der Waals surface area contributed by atoms with Gasteiger partial charge < -0.3 is 23.5 Å². The lowest BCUT2D eigenvalue weighted by Gasteiger charge is -2.33. The number of rotatable bonds is 13. The number of nitrogens with zero attached hydrogens (tertiary/aromatic N) is 1. The molecule has 1 aromatic heterocycles. The minimum atomic E-state index is -4.57. The lowest BCUT2D eigenvalue weighted by molar-refractivity contribution is -0.191. The number of benzene rings is 2. The number of alkyl halides is 1. The van der Waals surface area contributed by atoms with E-state index in [1.54, 1.807) is 48.5 Å². The lowest BCUT2D eigenvalue weighted by atomic mass is 9.86. The molecule has 6 atom stereocenters. The molecule has 2 aromatic carbocycles. The van der Waals surface area contributed by atoms with Crippen molar-refractivity contribution in [2.24, 2.45) is 5.92 Å². The van der Waals surface area contributed by atoms with Gasteiger partial charge in [0.25, 0.3) is 5.56 Å². The predicted molar refractivity (Wildman–Crippen MR) is 177 cm³/mol. The second-order valence-electron chi connectivity index (χ2n) is 12.5. The van der Waals surface area contributed by atoms with Gasteiger partial charge in [0, 0.05) is 12.3 Å². The van der Waals surface area contributed by atoms with Crippen molar-refractivity contribution in [2.45, 2.75) is 89.3 Å². The van der Waals surface area contributed by atoms with Crippen LogP contribution in [0.3, 0.4) is 0 Å². The van der Waals surface area contributed by atoms with E-state index in [0.717, 1.165) is 36.1 Å². The number of aromatic amines is 1. The van der Waals surface area contributed by atoms with Crippen LogP contribution in [0.2, 0.25) is 0 Å². The molecule has 1 saturated carbocycles. The summed E-state index contributed by atoms with van der Waals surface area (Å²) in [6.45, 7) is 2.84. The number of carbonyl (C=O) groups is 2. The van der Waals surface area contributed by atoms with Crippen LogP contribution in [0.5, 0.6) is 5.75 Å². The number of halogens is 1. The van der Waals surface area contributed by atoms with Gasteiger partial charge in [-0.15, -0.1) is 0 Å². The highest BCUT2D eigenvalue weighted by Crippen LogP contribution is 2.54. The second kappa shape index (κ2) is 15.7. The van der Waals surface area contributed by atoms with E-state index in [0.29, 0.717) is 18.4 Å². The van der Waals surface area contributed by atoms with E-state index in [1.807, 2.05) is 0 Å². The predicted octanol–water partition coefficient (Wildman–Crippen LogP) is 5.54. The third-order valence-electron chi connectivity index (χ3n) is 8.85. The molecule has 14 nitrogen and oxygen atoms in total. The van der Waals surface area contributed by atoms with Crippen molar-refractivity contribution in [3.8, 4) is 5.75 Å². The van der Waals surface area contributed by atoms with E-state index in [2.05, 4.69) is 10.1 Å². The van der Waals surface area contributed by atoms with Gasteiger partial charge in [0.05, 0.1) is 5.92 Å². The minimum absolute atomic E-state index is 0.0940. The van der Waals surface area contributed by atoms with Crippen molar-refractivity contribution in [3.05, 3.63) is 99.3 Å². The highest BCUT2D eigenvalue weighted by atomic mass is 31.2. The smallest absolute Gasteiger partial charge is 0.461 e. The number of ether oxygens (including phenoxy) is 4. The maximum absolute atomic E-state index is 17.1. The Bertz CT molecular complexity index is 1790. The van der Waals surface area contributed by atoms with E-state index in [-0.39, 0.29) is 18.5 Å². The van der Waals surface area contributed by atoms with Gasteiger partial charge in [-0.05, 0) is 57.2 Å². The standard InChI is InChI=1S/C34H41FN3O11P/c1-23(29(40)46-26-15-9-5-10-16-26)37-50(43,49-27-17-11-6-12-18-27)45-22-34(35)24(2)33(3,30(47-34)38-20-19-28(39)36-31(38)41)48-32(42)44-21-25-13-7-4-8-14-25/h4,6-8,11-14,17-20,23-24,26,30H,5,9-10,15-16,21-22H2,1-3H3,(H,37,43)(H,36,39,41). The van der Waals surface area contributed by atoms with Crippen LogP contribution in [0.4, 0.5) is 9.18 Å². The molecule has 6 unspecified atom stereocenters. The molecule has 1 aliphatic carbocycles. The normalized spacial score (nSPS) is 25.6. The Morgan fingerprint density at radius 1 is 1.06 bits per heavy atom. The molecule has 2 heterocycles. The van der Waals surface area contributed by atoms with E-state index in [1.165, 1.54) is 32.9 Å². The van der Waals surface area contributed by atoms with Crippen molar-refractivity contribution in [1.29, 1.82) is 0 Å². The number of esters is 1. The van der Waals surface area contributed by atoms with Gasteiger partial charge in [-0.1, -0.05) is 61.9 Å². The molecule has 0 radical (unpaired) electrons. The second-order valence-corrected chi connectivity index (χ2v) is 14.2. The van der Waals surface area contributed by atoms with Crippen LogP contribution in [-0.2, 0) is 39.4 Å². The Labute approximate surface area is 287 Å². The van der Waals surface area contributed by atoms with Crippen molar-refractivity contribution < 1.29 is 46.5 Å². The molecule has 0 bridgehead atoms. The van der Waals surface area contributed by atoms with Gasteiger partial charge in [0.2, 0.25) is 5.85 Å². The molecule has 0 spiro atoms. The molecule has 1 saturated heterocycles. The SMILES string of the molecule is CC(NP(=O)(OCC1(F)OC(n2ccc(=O)[nH]c2=O)C(C)(OC(=O)OCc2ccccc2)C1C)Oc1ccccc1)C(=O)OC1CCCCC1. The molecule has 2 N–H and O–H groups in total. The number of nitrogens with one attached hydrogen (secondary N) is 2. The van der Waals surface area contributed by atoms with Crippen LogP contribution in [0, 0.1) is 5.92 Å². The van der Waals surface area contributed by atoms with E-state index < -0.39 is 67.4 Å². The lowest BCUT2D eigenvalue weighted by Crippen LogP contribution is -2.48.